The van der Waals surface area contributed by atoms with Crippen molar-refractivity contribution in [2.24, 2.45) is 7.05 Å². The van der Waals surface area contributed by atoms with Gasteiger partial charge in [-0.15, -0.1) is 5.10 Å². The number of nitrogens with one attached hydrogen (secondary N) is 1. The number of aromatic carboxylic acids is 1. The normalized spacial score (nSPS) is 10.6. The summed E-state index contributed by atoms with van der Waals surface area (Å²) in [7, 11) is 1.53. The second-order valence-electron chi connectivity index (χ2n) is 3.26. The number of hydrogen-bond donors (Lipinski definition) is 2. The molecule has 0 bridgehead atoms. The fraction of sp³-hybridized carbons (Fsp3) is 0.111. The first-order valence-corrected chi connectivity index (χ1v) is 5.87. The molecule has 7 nitrogen and oxygen atoms in total. The lowest BCUT2D eigenvalue weighted by Gasteiger charge is -2.04. The van der Waals surface area contributed by atoms with Crippen LogP contribution < -0.4 is 5.69 Å². The molecule has 0 unspecified atom stereocenters. The number of hydrogen-bond acceptors (Lipinski definition) is 5. The van der Waals surface area contributed by atoms with Crippen molar-refractivity contribution in [3.8, 4) is 0 Å². The molecule has 9 heteroatoms. The van der Waals surface area contributed by atoms with Crippen molar-refractivity contribution in [2.75, 3.05) is 0 Å². The van der Waals surface area contributed by atoms with Crippen molar-refractivity contribution in [3.63, 3.8) is 0 Å². The summed E-state index contributed by atoms with van der Waals surface area (Å²) >= 11 is 6.93. The molecule has 0 amide bonds. The minimum absolute atomic E-state index is 0.0189. The van der Waals surface area contributed by atoms with Gasteiger partial charge in [0.05, 0.1) is 10.6 Å². The third-order valence-electron chi connectivity index (χ3n) is 2.11. The molecular formula is C9H7ClN4O3S. The zero-order valence-electron chi connectivity index (χ0n) is 9.05. The van der Waals surface area contributed by atoms with Crippen LogP contribution in [0, 0.1) is 0 Å². The van der Waals surface area contributed by atoms with Gasteiger partial charge in [-0.3, -0.25) is 4.57 Å². The van der Waals surface area contributed by atoms with Gasteiger partial charge in [-0.25, -0.2) is 19.7 Å². The number of rotatable bonds is 3. The van der Waals surface area contributed by atoms with Gasteiger partial charge in [-0.05, 0) is 17.8 Å². The highest BCUT2D eigenvalue weighted by Gasteiger charge is 2.16. The predicted molar refractivity (Wildman–Crippen MR) is 64.2 cm³/mol. The lowest BCUT2D eigenvalue weighted by Crippen LogP contribution is -2.12. The lowest BCUT2D eigenvalue weighted by molar-refractivity contribution is 0.0696. The number of aromatic amines is 1. The van der Waals surface area contributed by atoms with Gasteiger partial charge in [0.1, 0.15) is 5.03 Å². The molecule has 0 fully saturated rings. The fourth-order valence-corrected chi connectivity index (χ4v) is 2.28. The summed E-state index contributed by atoms with van der Waals surface area (Å²) in [6.07, 6.45) is 1.34. The molecule has 0 aliphatic rings. The molecule has 18 heavy (non-hydrogen) atoms. The van der Waals surface area contributed by atoms with Crippen LogP contribution >= 0.6 is 23.4 Å². The first kappa shape index (κ1) is 12.7. The summed E-state index contributed by atoms with van der Waals surface area (Å²) in [6, 6.07) is 1.30. The van der Waals surface area contributed by atoms with E-state index in [9.17, 15) is 9.59 Å². The van der Waals surface area contributed by atoms with E-state index in [0.717, 1.165) is 11.8 Å². The van der Waals surface area contributed by atoms with Gasteiger partial charge in [0, 0.05) is 13.2 Å². The number of aromatic nitrogens is 4. The number of pyridine rings is 1. The Morgan fingerprint density at radius 1 is 1.61 bits per heavy atom. The molecule has 0 radical (unpaired) electrons. The SMILES string of the molecule is Cn1c(Sc2nccc(C(=O)O)c2Cl)n[nH]c1=O. The number of nitrogens with zero attached hydrogens (tertiary/aromatic N) is 3. The lowest BCUT2D eigenvalue weighted by atomic mass is 10.3. The molecule has 0 spiro atoms. The van der Waals surface area contributed by atoms with E-state index < -0.39 is 5.97 Å². The minimum atomic E-state index is -1.14. The highest BCUT2D eigenvalue weighted by Crippen LogP contribution is 2.31. The molecule has 2 aromatic heterocycles. The van der Waals surface area contributed by atoms with Gasteiger partial charge >= 0.3 is 11.7 Å². The molecular weight excluding hydrogens is 280 g/mol. The van der Waals surface area contributed by atoms with Gasteiger partial charge in [0.25, 0.3) is 0 Å². The monoisotopic (exact) mass is 286 g/mol. The van der Waals surface area contributed by atoms with Gasteiger partial charge in [0.2, 0.25) is 0 Å². The van der Waals surface area contributed by atoms with Crippen LogP contribution in [0.25, 0.3) is 0 Å². The Kier molecular flexibility index (Phi) is 3.39. The largest absolute Gasteiger partial charge is 0.478 e. The third-order valence-corrected chi connectivity index (χ3v) is 3.66. The van der Waals surface area contributed by atoms with E-state index >= 15 is 0 Å². The van der Waals surface area contributed by atoms with Gasteiger partial charge in [-0.1, -0.05) is 11.6 Å². The van der Waals surface area contributed by atoms with E-state index in [-0.39, 0.29) is 21.3 Å². The van der Waals surface area contributed by atoms with E-state index in [0.29, 0.717) is 5.16 Å². The Morgan fingerprint density at radius 3 is 2.89 bits per heavy atom. The van der Waals surface area contributed by atoms with Gasteiger partial charge in [0.15, 0.2) is 5.16 Å². The van der Waals surface area contributed by atoms with Crippen LogP contribution in [0.4, 0.5) is 0 Å². The Morgan fingerprint density at radius 2 is 2.33 bits per heavy atom. The second-order valence-corrected chi connectivity index (χ2v) is 4.59. The number of H-pyrrole nitrogens is 1. The average Bonchev–Trinajstić information content (AvgIpc) is 2.63. The first-order chi connectivity index (χ1) is 8.50. The molecule has 0 aromatic carbocycles. The summed E-state index contributed by atoms with van der Waals surface area (Å²) in [6.45, 7) is 0. The molecule has 0 aliphatic carbocycles. The topological polar surface area (TPSA) is 101 Å². The van der Waals surface area contributed by atoms with Crippen molar-refractivity contribution in [3.05, 3.63) is 33.3 Å². The number of carboxylic acids is 1. The van der Waals surface area contributed by atoms with Crippen molar-refractivity contribution in [1.29, 1.82) is 0 Å². The van der Waals surface area contributed by atoms with Crippen LogP contribution in [0.2, 0.25) is 5.02 Å². The Balaban J connectivity index is 2.41. The first-order valence-electron chi connectivity index (χ1n) is 4.67. The zero-order valence-corrected chi connectivity index (χ0v) is 10.6. The highest BCUT2D eigenvalue weighted by molar-refractivity contribution is 7.99. The van der Waals surface area contributed by atoms with E-state index in [2.05, 4.69) is 15.2 Å². The van der Waals surface area contributed by atoms with E-state index in [1.165, 1.54) is 23.9 Å². The van der Waals surface area contributed by atoms with E-state index in [1.807, 2.05) is 0 Å². The van der Waals surface area contributed by atoms with Crippen molar-refractivity contribution >= 4 is 29.3 Å². The van der Waals surface area contributed by atoms with Crippen molar-refractivity contribution in [1.82, 2.24) is 19.7 Å². The summed E-state index contributed by atoms with van der Waals surface area (Å²) in [5.41, 5.74) is -0.419. The molecule has 0 saturated carbocycles. The van der Waals surface area contributed by atoms with Crippen molar-refractivity contribution in [2.45, 2.75) is 10.2 Å². The molecule has 94 valence electrons. The Bertz CT molecular complexity index is 666. The summed E-state index contributed by atoms with van der Waals surface area (Å²) in [5.74, 6) is -1.14. The van der Waals surface area contributed by atoms with Crippen LogP contribution in [0.5, 0.6) is 0 Å². The highest BCUT2D eigenvalue weighted by atomic mass is 35.5. The average molecular weight is 287 g/mol. The maximum atomic E-state index is 11.2. The van der Waals surface area contributed by atoms with Crippen LogP contribution in [0.1, 0.15) is 10.4 Å². The predicted octanol–water partition coefficient (Wildman–Crippen LogP) is 1.01. The summed E-state index contributed by atoms with van der Waals surface area (Å²) < 4.78 is 1.27. The second kappa shape index (κ2) is 4.83. The fourth-order valence-electron chi connectivity index (χ4n) is 1.17. The molecule has 2 aromatic rings. The molecule has 0 atom stereocenters. The molecule has 2 rings (SSSR count). The number of halogens is 1. The summed E-state index contributed by atoms with van der Waals surface area (Å²) in [4.78, 5) is 26.0. The quantitative estimate of drug-likeness (QED) is 0.873. The maximum Gasteiger partial charge on any atom is 0.343 e. The maximum absolute atomic E-state index is 11.2. The number of carbonyl (C=O) groups is 1. The smallest absolute Gasteiger partial charge is 0.343 e. The van der Waals surface area contributed by atoms with Gasteiger partial charge < -0.3 is 5.11 Å². The molecule has 2 heterocycles. The minimum Gasteiger partial charge on any atom is -0.478 e. The molecule has 0 aliphatic heterocycles. The zero-order chi connectivity index (χ0) is 13.3. The molecule has 2 N–H and O–H groups in total. The van der Waals surface area contributed by atoms with Crippen molar-refractivity contribution < 1.29 is 9.90 Å². The van der Waals surface area contributed by atoms with Crippen LogP contribution in [-0.4, -0.2) is 30.8 Å². The van der Waals surface area contributed by atoms with Crippen LogP contribution in [0.3, 0.4) is 0 Å². The number of carboxylic acid groups (broad SMARTS) is 1. The Labute approximate surface area is 110 Å². The Hall–Kier alpha value is -1.80. The standard InChI is InChI=1S/C9H7ClN4O3S/c1-14-8(17)12-13-9(14)18-6-5(10)4(7(15)16)2-3-11-6/h2-3H,1H3,(H,12,17)(H,15,16). The van der Waals surface area contributed by atoms with Crippen LogP contribution in [-0.2, 0) is 7.05 Å². The van der Waals surface area contributed by atoms with E-state index in [4.69, 9.17) is 16.7 Å². The van der Waals surface area contributed by atoms with Gasteiger partial charge in [-0.2, -0.15) is 0 Å². The third kappa shape index (κ3) is 2.24. The summed E-state index contributed by atoms with van der Waals surface area (Å²) in [5, 5.41) is 15.6. The molecule has 0 saturated heterocycles. The van der Waals surface area contributed by atoms with Crippen LogP contribution in [0.15, 0.2) is 27.2 Å². The van der Waals surface area contributed by atoms with E-state index in [1.54, 1.807) is 0 Å².